The number of aliphatic hydroxyl groups is 2. The molecular weight excluding hydrogens is 214 g/mol. The summed E-state index contributed by atoms with van der Waals surface area (Å²) in [6, 6.07) is 0.422. The molecule has 3 nitrogen and oxygen atoms in total. The Labute approximate surface area is 104 Å². The van der Waals surface area contributed by atoms with Crippen molar-refractivity contribution in [1.82, 2.24) is 4.90 Å². The van der Waals surface area contributed by atoms with Crippen molar-refractivity contribution in [3.63, 3.8) is 0 Å². The first kappa shape index (κ1) is 13.9. The molecule has 1 rings (SSSR count). The fourth-order valence-electron chi connectivity index (χ4n) is 2.15. The molecule has 0 saturated heterocycles. The molecule has 0 spiro atoms. The van der Waals surface area contributed by atoms with Crippen LogP contribution in [0.1, 0.15) is 58.8 Å². The molecule has 3 heteroatoms. The average molecular weight is 239 g/mol. The molecule has 0 amide bonds. The Hall–Kier alpha value is -1.12. The molecule has 1 fully saturated rings. The third-order valence-electron chi connectivity index (χ3n) is 3.32. The van der Waals surface area contributed by atoms with Gasteiger partial charge in [-0.05, 0) is 12.8 Å². The maximum Gasteiger partial charge on any atom is 0.108 e. The van der Waals surface area contributed by atoms with Crippen LogP contribution in [0.4, 0.5) is 0 Å². The fourth-order valence-corrected chi connectivity index (χ4v) is 2.15. The molecule has 0 bridgehead atoms. The van der Waals surface area contributed by atoms with E-state index in [0.29, 0.717) is 30.4 Å². The smallest absolute Gasteiger partial charge is 0.108 e. The van der Waals surface area contributed by atoms with Crippen molar-refractivity contribution >= 4 is 0 Å². The average Bonchev–Trinajstić information content (AvgIpc) is 2.38. The van der Waals surface area contributed by atoms with Gasteiger partial charge in [0, 0.05) is 31.3 Å². The highest BCUT2D eigenvalue weighted by molar-refractivity contribution is 5.01. The normalized spacial score (nSPS) is 19.4. The third kappa shape index (κ3) is 4.72. The van der Waals surface area contributed by atoms with E-state index in [-0.39, 0.29) is 0 Å². The zero-order chi connectivity index (χ0) is 12.7. The number of allylic oxidation sites excluding steroid dienone is 2. The van der Waals surface area contributed by atoms with Crippen LogP contribution in [0.5, 0.6) is 0 Å². The first-order chi connectivity index (χ1) is 8.17. The summed E-state index contributed by atoms with van der Waals surface area (Å²) in [4.78, 5) is 2.00. The summed E-state index contributed by atoms with van der Waals surface area (Å²) < 4.78 is 0. The van der Waals surface area contributed by atoms with Gasteiger partial charge in [-0.2, -0.15) is 0 Å². The van der Waals surface area contributed by atoms with Gasteiger partial charge in [0.15, 0.2) is 0 Å². The molecule has 0 unspecified atom stereocenters. The Morgan fingerprint density at radius 3 is 1.88 bits per heavy atom. The summed E-state index contributed by atoms with van der Waals surface area (Å²) in [6.45, 7) is 3.85. The Balaban J connectivity index is 2.77. The minimum absolute atomic E-state index is 0.371. The zero-order valence-electron chi connectivity index (χ0n) is 11.0. The van der Waals surface area contributed by atoms with E-state index in [9.17, 15) is 10.2 Å². The molecule has 0 aliphatic heterocycles. The van der Waals surface area contributed by atoms with E-state index in [2.05, 4.69) is 0 Å². The Bertz CT molecular complexity index is 258. The van der Waals surface area contributed by atoms with E-state index in [1.165, 1.54) is 19.3 Å². The molecule has 0 heterocycles. The molecule has 1 saturated carbocycles. The lowest BCUT2D eigenvalue weighted by Crippen LogP contribution is -2.29. The van der Waals surface area contributed by atoms with Gasteiger partial charge in [0.05, 0.1) is 0 Å². The predicted octanol–water partition coefficient (Wildman–Crippen LogP) is 4.24. The third-order valence-corrected chi connectivity index (χ3v) is 3.32. The summed E-state index contributed by atoms with van der Waals surface area (Å²) in [5.41, 5.74) is 0. The molecular formula is C14H25NO2. The minimum Gasteiger partial charge on any atom is -0.511 e. The highest BCUT2D eigenvalue weighted by atomic mass is 16.3. The summed E-state index contributed by atoms with van der Waals surface area (Å²) in [7, 11) is 0. The fraction of sp³-hybridized carbons (Fsp3) is 0.714. The molecule has 2 N–H and O–H groups in total. The number of hydrogen-bond acceptors (Lipinski definition) is 3. The SMILES string of the molecule is CCC(O)=CN(C=C(O)CC)C1CCCCC1. The van der Waals surface area contributed by atoms with Crippen LogP contribution < -0.4 is 0 Å². The van der Waals surface area contributed by atoms with Gasteiger partial charge in [0.1, 0.15) is 11.5 Å². The zero-order valence-corrected chi connectivity index (χ0v) is 11.0. The minimum atomic E-state index is 0.371. The van der Waals surface area contributed by atoms with E-state index in [0.717, 1.165) is 12.8 Å². The molecule has 17 heavy (non-hydrogen) atoms. The second kappa shape index (κ2) is 7.25. The van der Waals surface area contributed by atoms with Gasteiger partial charge >= 0.3 is 0 Å². The lowest BCUT2D eigenvalue weighted by molar-refractivity contribution is 0.252. The number of rotatable bonds is 5. The lowest BCUT2D eigenvalue weighted by Gasteiger charge is -2.31. The standard InChI is InChI=1S/C14H25NO2/c1-3-13(16)10-15(11-14(17)4-2)12-8-6-5-7-9-12/h10-12,16-17H,3-9H2,1-2H3. The molecule has 0 aromatic carbocycles. The lowest BCUT2D eigenvalue weighted by atomic mass is 9.94. The largest absolute Gasteiger partial charge is 0.511 e. The maximum absolute atomic E-state index is 9.65. The van der Waals surface area contributed by atoms with Gasteiger partial charge in [-0.3, -0.25) is 0 Å². The van der Waals surface area contributed by atoms with Gasteiger partial charge in [-0.25, -0.2) is 0 Å². The van der Waals surface area contributed by atoms with Gasteiger partial charge in [0.25, 0.3) is 0 Å². The monoisotopic (exact) mass is 239 g/mol. The second-order valence-corrected chi connectivity index (χ2v) is 4.69. The molecule has 0 aromatic heterocycles. The van der Waals surface area contributed by atoms with Crippen molar-refractivity contribution in [3.8, 4) is 0 Å². The second-order valence-electron chi connectivity index (χ2n) is 4.69. The predicted molar refractivity (Wildman–Crippen MR) is 70.7 cm³/mol. The Morgan fingerprint density at radius 2 is 1.47 bits per heavy atom. The van der Waals surface area contributed by atoms with Crippen molar-refractivity contribution in [3.05, 3.63) is 23.9 Å². The van der Waals surface area contributed by atoms with Gasteiger partial charge in [-0.15, -0.1) is 0 Å². The van der Waals surface area contributed by atoms with E-state index in [1.54, 1.807) is 12.4 Å². The van der Waals surface area contributed by atoms with E-state index in [1.807, 2.05) is 18.7 Å². The van der Waals surface area contributed by atoms with E-state index < -0.39 is 0 Å². The first-order valence-corrected chi connectivity index (χ1v) is 6.74. The maximum atomic E-state index is 9.65. The highest BCUT2D eigenvalue weighted by Crippen LogP contribution is 2.24. The van der Waals surface area contributed by atoms with Gasteiger partial charge in [0.2, 0.25) is 0 Å². The van der Waals surface area contributed by atoms with Crippen LogP contribution in [0, 0.1) is 0 Å². The highest BCUT2D eigenvalue weighted by Gasteiger charge is 2.18. The van der Waals surface area contributed by atoms with E-state index >= 15 is 0 Å². The first-order valence-electron chi connectivity index (χ1n) is 6.74. The molecule has 1 aliphatic carbocycles. The van der Waals surface area contributed by atoms with Gasteiger partial charge in [-0.1, -0.05) is 33.1 Å². The van der Waals surface area contributed by atoms with Crippen molar-refractivity contribution < 1.29 is 10.2 Å². The van der Waals surface area contributed by atoms with Crippen LogP contribution in [0.3, 0.4) is 0 Å². The number of aliphatic hydroxyl groups excluding tert-OH is 2. The summed E-state index contributed by atoms with van der Waals surface area (Å²) in [5, 5.41) is 19.3. The Kier molecular flexibility index (Phi) is 5.95. The van der Waals surface area contributed by atoms with Crippen LogP contribution in [-0.2, 0) is 0 Å². The van der Waals surface area contributed by atoms with E-state index in [4.69, 9.17) is 0 Å². The quantitative estimate of drug-likeness (QED) is 0.705. The topological polar surface area (TPSA) is 43.7 Å². The molecule has 0 atom stereocenters. The summed E-state index contributed by atoms with van der Waals surface area (Å²) in [6.07, 6.45) is 10.8. The van der Waals surface area contributed by atoms with Crippen molar-refractivity contribution in [2.24, 2.45) is 0 Å². The van der Waals surface area contributed by atoms with Gasteiger partial charge < -0.3 is 15.1 Å². The van der Waals surface area contributed by atoms with Crippen LogP contribution in [0.2, 0.25) is 0 Å². The molecule has 0 aromatic rings. The Morgan fingerprint density at radius 1 is 1.00 bits per heavy atom. The number of nitrogens with zero attached hydrogens (tertiary/aromatic N) is 1. The summed E-state index contributed by atoms with van der Waals surface area (Å²) >= 11 is 0. The van der Waals surface area contributed by atoms with Crippen LogP contribution >= 0.6 is 0 Å². The molecule has 0 radical (unpaired) electrons. The van der Waals surface area contributed by atoms with Crippen molar-refractivity contribution in [2.75, 3.05) is 0 Å². The molecule has 98 valence electrons. The molecule has 1 aliphatic rings. The van der Waals surface area contributed by atoms with Crippen LogP contribution in [-0.4, -0.2) is 21.2 Å². The van der Waals surface area contributed by atoms with Crippen LogP contribution in [0.15, 0.2) is 23.9 Å². The van der Waals surface area contributed by atoms with Crippen molar-refractivity contribution in [2.45, 2.75) is 64.8 Å². The number of hydrogen-bond donors (Lipinski definition) is 2. The van der Waals surface area contributed by atoms with Crippen molar-refractivity contribution in [1.29, 1.82) is 0 Å². The summed E-state index contributed by atoms with van der Waals surface area (Å²) in [5.74, 6) is 0.742. The van der Waals surface area contributed by atoms with Crippen LogP contribution in [0.25, 0.3) is 0 Å².